The SMILES string of the molecule is C=CC(=O)Nc1cccc(-n2c(C)cc(=O)c3cnc(Nc4ccc(N5CCN(C)CC5)cc4)nc32)c1. The summed E-state index contributed by atoms with van der Waals surface area (Å²) >= 11 is 0. The largest absolute Gasteiger partial charge is 0.369 e. The smallest absolute Gasteiger partial charge is 0.247 e. The van der Waals surface area contributed by atoms with Crippen LogP contribution in [0, 0.1) is 6.92 Å². The summed E-state index contributed by atoms with van der Waals surface area (Å²) in [6.45, 7) is 9.46. The highest BCUT2D eigenvalue weighted by atomic mass is 16.1. The Kier molecular flexibility index (Phi) is 6.70. The van der Waals surface area contributed by atoms with Crippen molar-refractivity contribution in [2.24, 2.45) is 0 Å². The number of benzene rings is 2. The number of hydrogen-bond donors (Lipinski definition) is 2. The molecular weight excluding hydrogens is 466 g/mol. The quantitative estimate of drug-likeness (QED) is 0.394. The molecule has 1 saturated heterocycles. The number of hydrogen-bond acceptors (Lipinski definition) is 7. The number of nitrogens with zero attached hydrogens (tertiary/aromatic N) is 5. The second-order valence-corrected chi connectivity index (χ2v) is 9.12. The van der Waals surface area contributed by atoms with Crippen molar-refractivity contribution in [2.45, 2.75) is 6.92 Å². The molecule has 9 nitrogen and oxygen atoms in total. The molecule has 188 valence electrons. The van der Waals surface area contributed by atoms with Gasteiger partial charge < -0.3 is 20.4 Å². The minimum atomic E-state index is -0.300. The number of rotatable bonds is 6. The highest BCUT2D eigenvalue weighted by Gasteiger charge is 2.15. The Morgan fingerprint density at radius 2 is 1.76 bits per heavy atom. The van der Waals surface area contributed by atoms with Crippen molar-refractivity contribution in [1.29, 1.82) is 0 Å². The highest BCUT2D eigenvalue weighted by molar-refractivity contribution is 5.99. The normalized spacial score (nSPS) is 13.9. The first-order chi connectivity index (χ1) is 17.9. The molecule has 0 bridgehead atoms. The van der Waals surface area contributed by atoms with Crippen LogP contribution in [0.1, 0.15) is 5.69 Å². The standard InChI is InChI=1S/C28H29N7O2/c1-4-26(37)30-21-6-5-7-23(17-21)35-19(2)16-25(36)24-18-29-28(32-27(24)35)31-20-8-10-22(11-9-20)34-14-12-33(3)13-15-34/h4-11,16-18H,1,12-15H2,2-3H3,(H,30,37)(H,29,31,32). The van der Waals surface area contributed by atoms with Crippen LogP contribution in [0.3, 0.4) is 0 Å². The minimum Gasteiger partial charge on any atom is -0.369 e. The first-order valence-electron chi connectivity index (χ1n) is 12.1. The molecular formula is C28H29N7O2. The molecule has 1 fully saturated rings. The zero-order valence-electron chi connectivity index (χ0n) is 20.9. The summed E-state index contributed by atoms with van der Waals surface area (Å²) in [6.07, 6.45) is 2.76. The molecule has 1 aliphatic heterocycles. The van der Waals surface area contributed by atoms with Crippen LogP contribution in [-0.2, 0) is 4.79 Å². The number of amides is 1. The van der Waals surface area contributed by atoms with Gasteiger partial charge in [0.25, 0.3) is 0 Å². The van der Waals surface area contributed by atoms with E-state index in [-0.39, 0.29) is 11.3 Å². The summed E-state index contributed by atoms with van der Waals surface area (Å²) in [5.74, 6) is 0.0841. The van der Waals surface area contributed by atoms with Crippen LogP contribution in [0.5, 0.6) is 0 Å². The fraction of sp³-hybridized carbons (Fsp3) is 0.214. The van der Waals surface area contributed by atoms with E-state index < -0.39 is 0 Å². The first-order valence-corrected chi connectivity index (χ1v) is 12.1. The predicted molar refractivity (Wildman–Crippen MR) is 148 cm³/mol. The Bertz CT molecular complexity index is 1520. The van der Waals surface area contributed by atoms with Gasteiger partial charge in [-0.3, -0.25) is 14.2 Å². The van der Waals surface area contributed by atoms with Crippen molar-refractivity contribution in [3.63, 3.8) is 0 Å². The Morgan fingerprint density at radius 1 is 1.00 bits per heavy atom. The zero-order chi connectivity index (χ0) is 25.9. The molecule has 0 saturated carbocycles. The Labute approximate surface area is 215 Å². The van der Waals surface area contributed by atoms with Crippen LogP contribution in [0.25, 0.3) is 16.7 Å². The molecule has 0 radical (unpaired) electrons. The summed E-state index contributed by atoms with van der Waals surface area (Å²) in [7, 11) is 2.15. The number of aromatic nitrogens is 3. The lowest BCUT2D eigenvalue weighted by Crippen LogP contribution is -2.44. The van der Waals surface area contributed by atoms with Crippen molar-refractivity contribution in [3.05, 3.63) is 89.4 Å². The molecule has 2 N–H and O–H groups in total. The first kappa shape index (κ1) is 24.2. The number of carbonyl (C=O) groups excluding carboxylic acids is 1. The second kappa shape index (κ2) is 10.2. The van der Waals surface area contributed by atoms with Gasteiger partial charge in [-0.2, -0.15) is 4.98 Å². The van der Waals surface area contributed by atoms with Gasteiger partial charge in [-0.1, -0.05) is 12.6 Å². The predicted octanol–water partition coefficient (Wildman–Crippen LogP) is 3.71. The third-order valence-corrected chi connectivity index (χ3v) is 6.49. The number of piperazine rings is 1. The minimum absolute atomic E-state index is 0.150. The van der Waals surface area contributed by atoms with Gasteiger partial charge in [-0.05, 0) is 62.5 Å². The molecule has 0 spiro atoms. The molecule has 2 aromatic heterocycles. The number of pyridine rings is 1. The van der Waals surface area contributed by atoms with Gasteiger partial charge in [0.2, 0.25) is 11.9 Å². The van der Waals surface area contributed by atoms with Crippen molar-refractivity contribution < 1.29 is 4.79 Å². The molecule has 0 unspecified atom stereocenters. The van der Waals surface area contributed by atoms with Crippen LogP contribution in [0.2, 0.25) is 0 Å². The number of anilines is 4. The van der Waals surface area contributed by atoms with Gasteiger partial charge in [0.05, 0.1) is 5.39 Å². The number of aryl methyl sites for hydroxylation is 1. The van der Waals surface area contributed by atoms with Gasteiger partial charge >= 0.3 is 0 Å². The molecule has 37 heavy (non-hydrogen) atoms. The third-order valence-electron chi connectivity index (χ3n) is 6.49. The van der Waals surface area contributed by atoms with E-state index in [2.05, 4.69) is 51.2 Å². The highest BCUT2D eigenvalue weighted by Crippen LogP contribution is 2.24. The van der Waals surface area contributed by atoms with Gasteiger partial charge in [0, 0.05) is 66.9 Å². The fourth-order valence-corrected chi connectivity index (χ4v) is 4.47. The lowest BCUT2D eigenvalue weighted by atomic mass is 10.2. The maximum Gasteiger partial charge on any atom is 0.247 e. The van der Waals surface area contributed by atoms with Crippen LogP contribution >= 0.6 is 0 Å². The van der Waals surface area contributed by atoms with E-state index in [1.54, 1.807) is 18.3 Å². The van der Waals surface area contributed by atoms with Crippen molar-refractivity contribution in [1.82, 2.24) is 19.4 Å². The van der Waals surface area contributed by atoms with Gasteiger partial charge in [-0.25, -0.2) is 4.98 Å². The Morgan fingerprint density at radius 3 is 2.49 bits per heavy atom. The van der Waals surface area contributed by atoms with Crippen molar-refractivity contribution in [3.8, 4) is 5.69 Å². The lowest BCUT2D eigenvalue weighted by molar-refractivity contribution is -0.111. The van der Waals surface area contributed by atoms with E-state index in [1.807, 2.05) is 41.8 Å². The van der Waals surface area contributed by atoms with E-state index in [0.717, 1.165) is 37.6 Å². The van der Waals surface area contributed by atoms with Gasteiger partial charge in [0.1, 0.15) is 0 Å². The summed E-state index contributed by atoms with van der Waals surface area (Å²) in [6, 6.07) is 17.1. The summed E-state index contributed by atoms with van der Waals surface area (Å²) in [5, 5.41) is 6.44. The Hall–Kier alpha value is -4.50. The average Bonchev–Trinajstić information content (AvgIpc) is 2.90. The maximum atomic E-state index is 12.7. The van der Waals surface area contributed by atoms with Crippen molar-refractivity contribution in [2.75, 3.05) is 48.8 Å². The fourth-order valence-electron chi connectivity index (χ4n) is 4.47. The summed E-state index contributed by atoms with van der Waals surface area (Å²) in [5.41, 5.74) is 4.45. The van der Waals surface area contributed by atoms with Gasteiger partial charge in [0.15, 0.2) is 11.1 Å². The zero-order valence-corrected chi connectivity index (χ0v) is 20.9. The van der Waals surface area contributed by atoms with E-state index in [1.165, 1.54) is 11.8 Å². The molecule has 0 aliphatic carbocycles. The second-order valence-electron chi connectivity index (χ2n) is 9.12. The topological polar surface area (TPSA) is 95.4 Å². The number of nitrogens with one attached hydrogen (secondary N) is 2. The molecule has 3 heterocycles. The molecule has 5 rings (SSSR count). The number of likely N-dealkylation sites (N-methyl/N-ethyl adjacent to an activating group) is 1. The number of fused-ring (bicyclic) bond motifs is 1. The third kappa shape index (κ3) is 5.22. The molecule has 0 atom stereocenters. The van der Waals surface area contributed by atoms with Crippen molar-refractivity contribution >= 4 is 40.0 Å². The van der Waals surface area contributed by atoms with Gasteiger partial charge in [-0.15, -0.1) is 0 Å². The molecule has 1 aliphatic rings. The maximum absolute atomic E-state index is 12.7. The van der Waals surface area contributed by atoms with Crippen LogP contribution in [-0.4, -0.2) is 58.6 Å². The van der Waals surface area contributed by atoms with E-state index >= 15 is 0 Å². The van der Waals surface area contributed by atoms with E-state index in [9.17, 15) is 9.59 Å². The van der Waals surface area contributed by atoms with Crippen LogP contribution < -0.4 is 21.0 Å². The van der Waals surface area contributed by atoms with Crippen LogP contribution in [0.4, 0.5) is 23.0 Å². The average molecular weight is 496 g/mol. The monoisotopic (exact) mass is 495 g/mol. The lowest BCUT2D eigenvalue weighted by Gasteiger charge is -2.34. The van der Waals surface area contributed by atoms with Crippen LogP contribution in [0.15, 0.2) is 78.2 Å². The number of carbonyl (C=O) groups is 1. The Balaban J connectivity index is 1.46. The molecule has 9 heteroatoms. The molecule has 4 aromatic rings. The molecule has 1 amide bonds. The van der Waals surface area contributed by atoms with E-state index in [0.29, 0.717) is 28.4 Å². The van der Waals surface area contributed by atoms with E-state index in [4.69, 9.17) is 4.98 Å². The summed E-state index contributed by atoms with van der Waals surface area (Å²) in [4.78, 5) is 38.3. The molecule has 2 aromatic carbocycles. The summed E-state index contributed by atoms with van der Waals surface area (Å²) < 4.78 is 1.88.